The molecule has 0 aromatic carbocycles. The third-order valence-corrected chi connectivity index (χ3v) is 3.72. The van der Waals surface area contributed by atoms with Gasteiger partial charge in [0.2, 0.25) is 0 Å². The van der Waals surface area contributed by atoms with Crippen LogP contribution in [0, 0.1) is 0 Å². The predicted octanol–water partition coefficient (Wildman–Crippen LogP) is 2.31. The van der Waals surface area contributed by atoms with E-state index >= 15 is 0 Å². The molecule has 1 saturated heterocycles. The van der Waals surface area contributed by atoms with Gasteiger partial charge in [-0.2, -0.15) is 13.2 Å². The molecule has 0 aromatic rings. The summed E-state index contributed by atoms with van der Waals surface area (Å²) in [5, 5.41) is 3.41. The van der Waals surface area contributed by atoms with Crippen LogP contribution in [-0.2, 0) is 0 Å². The normalized spacial score (nSPS) is 28.3. The zero-order chi connectivity index (χ0) is 12.2. The number of alkyl halides is 3. The Hall–Kier alpha value is 0.0600. The molecule has 0 bridgehead atoms. The smallest absolute Gasteiger partial charge is 0.309 e. The van der Waals surface area contributed by atoms with Gasteiger partial charge < -0.3 is 5.32 Å². The summed E-state index contributed by atoms with van der Waals surface area (Å²) in [6.45, 7) is 7.27. The van der Waals surface area contributed by atoms with Gasteiger partial charge in [0.15, 0.2) is 0 Å². The third kappa shape index (κ3) is 4.93. The van der Waals surface area contributed by atoms with Crippen molar-refractivity contribution in [2.75, 3.05) is 31.9 Å². The van der Waals surface area contributed by atoms with Crippen molar-refractivity contribution < 1.29 is 13.2 Å². The van der Waals surface area contributed by atoms with Crippen molar-refractivity contribution in [3.63, 3.8) is 0 Å². The van der Waals surface area contributed by atoms with E-state index in [1.807, 2.05) is 0 Å². The molecule has 1 N–H and O–H groups in total. The Morgan fingerprint density at radius 1 is 1.44 bits per heavy atom. The molecule has 1 aliphatic rings. The van der Waals surface area contributed by atoms with E-state index in [0.29, 0.717) is 6.54 Å². The summed E-state index contributed by atoms with van der Waals surface area (Å²) in [4.78, 5) is 2.11. The highest BCUT2D eigenvalue weighted by atomic mass is 32.2. The van der Waals surface area contributed by atoms with E-state index in [-0.39, 0.29) is 23.1 Å². The lowest BCUT2D eigenvalue weighted by molar-refractivity contribution is -0.0329. The van der Waals surface area contributed by atoms with Crippen molar-refractivity contribution in [1.29, 1.82) is 0 Å². The van der Waals surface area contributed by atoms with E-state index in [9.17, 15) is 13.2 Å². The first-order chi connectivity index (χ1) is 7.35. The first-order valence-electron chi connectivity index (χ1n) is 5.53. The van der Waals surface area contributed by atoms with E-state index in [0.717, 1.165) is 26.1 Å². The Morgan fingerprint density at radius 2 is 2.12 bits per heavy atom. The van der Waals surface area contributed by atoms with Crippen LogP contribution in [0.5, 0.6) is 0 Å². The van der Waals surface area contributed by atoms with Crippen LogP contribution in [0.2, 0.25) is 0 Å². The van der Waals surface area contributed by atoms with Crippen LogP contribution in [0.3, 0.4) is 0 Å². The molecule has 96 valence electrons. The fraction of sp³-hybridized carbons (Fsp3) is 1.00. The van der Waals surface area contributed by atoms with E-state index in [4.69, 9.17) is 0 Å². The monoisotopic (exact) mass is 256 g/mol. The van der Waals surface area contributed by atoms with Gasteiger partial charge in [0.05, 0.1) is 0 Å². The Balaban J connectivity index is 2.27. The maximum Gasteiger partial charge on any atom is 0.441 e. The Kier molecular flexibility index (Phi) is 4.94. The highest BCUT2D eigenvalue weighted by molar-refractivity contribution is 8.00. The minimum absolute atomic E-state index is 0.0567. The number of nitrogens with zero attached hydrogens (tertiary/aromatic N) is 1. The molecule has 6 heteroatoms. The third-order valence-electron chi connectivity index (χ3n) is 3.01. The number of thioether (sulfide) groups is 1. The second kappa shape index (κ2) is 5.60. The maximum atomic E-state index is 12.0. The average molecular weight is 256 g/mol. The van der Waals surface area contributed by atoms with Crippen LogP contribution in [0.4, 0.5) is 13.2 Å². The number of piperazine rings is 1. The molecule has 0 aliphatic carbocycles. The average Bonchev–Trinajstić information content (AvgIpc) is 2.16. The van der Waals surface area contributed by atoms with Crippen LogP contribution >= 0.6 is 11.8 Å². The summed E-state index contributed by atoms with van der Waals surface area (Å²) in [5.74, 6) is 0.128. The van der Waals surface area contributed by atoms with Crippen LogP contribution < -0.4 is 5.32 Å². The summed E-state index contributed by atoms with van der Waals surface area (Å²) in [7, 11) is 0. The molecule has 1 heterocycles. The molecule has 0 amide bonds. The van der Waals surface area contributed by atoms with E-state index in [2.05, 4.69) is 24.1 Å². The Labute approximate surface area is 98.9 Å². The molecule has 1 aliphatic heterocycles. The standard InChI is InChI=1S/C10H19F3N2S/c1-3-9(2)8-15(5-4-14-9)6-7-16-10(11,12)13/h14H,3-8H2,1-2H3. The van der Waals surface area contributed by atoms with Gasteiger partial charge in [0.1, 0.15) is 0 Å². The zero-order valence-corrected chi connectivity index (χ0v) is 10.5. The second-order valence-corrected chi connectivity index (χ2v) is 5.57. The SMILES string of the molecule is CCC1(C)CN(CCSC(F)(F)F)CCN1. The topological polar surface area (TPSA) is 15.3 Å². The van der Waals surface area contributed by atoms with Crippen LogP contribution in [0.25, 0.3) is 0 Å². The van der Waals surface area contributed by atoms with Crippen molar-refractivity contribution in [2.45, 2.75) is 31.3 Å². The largest absolute Gasteiger partial charge is 0.441 e. The number of hydrogen-bond donors (Lipinski definition) is 1. The summed E-state index contributed by atoms with van der Waals surface area (Å²) in [6.07, 6.45) is 0.996. The van der Waals surface area contributed by atoms with Crippen LogP contribution in [-0.4, -0.2) is 47.9 Å². The number of halogens is 3. The highest BCUT2D eigenvalue weighted by Crippen LogP contribution is 2.30. The summed E-state index contributed by atoms with van der Waals surface area (Å²) >= 11 is 0.0729. The van der Waals surface area contributed by atoms with E-state index in [1.165, 1.54) is 0 Å². The summed E-state index contributed by atoms with van der Waals surface area (Å²) in [5.41, 5.74) is -4.04. The number of hydrogen-bond acceptors (Lipinski definition) is 3. The van der Waals surface area contributed by atoms with Crippen molar-refractivity contribution in [2.24, 2.45) is 0 Å². The lowest BCUT2D eigenvalue weighted by Crippen LogP contribution is -2.58. The van der Waals surface area contributed by atoms with Crippen molar-refractivity contribution in [3.05, 3.63) is 0 Å². The first-order valence-corrected chi connectivity index (χ1v) is 6.51. The van der Waals surface area contributed by atoms with Gasteiger partial charge in [0.25, 0.3) is 0 Å². The zero-order valence-electron chi connectivity index (χ0n) is 9.73. The first kappa shape index (κ1) is 14.1. The second-order valence-electron chi connectivity index (χ2n) is 4.41. The molecular weight excluding hydrogens is 237 g/mol. The molecule has 0 aromatic heterocycles. The molecule has 2 nitrogen and oxygen atoms in total. The molecule has 1 fully saturated rings. The highest BCUT2D eigenvalue weighted by Gasteiger charge is 2.31. The molecule has 0 radical (unpaired) electrons. The molecule has 1 atom stereocenters. The maximum absolute atomic E-state index is 12.0. The van der Waals surface area contributed by atoms with E-state index < -0.39 is 5.51 Å². The number of nitrogens with one attached hydrogen (secondary N) is 1. The van der Waals surface area contributed by atoms with Gasteiger partial charge in [-0.05, 0) is 25.1 Å². The molecule has 0 saturated carbocycles. The van der Waals surface area contributed by atoms with Gasteiger partial charge >= 0.3 is 5.51 Å². The quantitative estimate of drug-likeness (QED) is 0.831. The fourth-order valence-corrected chi connectivity index (χ4v) is 2.44. The lowest BCUT2D eigenvalue weighted by atomic mass is 9.96. The van der Waals surface area contributed by atoms with E-state index in [1.54, 1.807) is 0 Å². The predicted molar refractivity (Wildman–Crippen MR) is 61.7 cm³/mol. The van der Waals surface area contributed by atoms with Crippen molar-refractivity contribution in [1.82, 2.24) is 10.2 Å². The molecule has 1 unspecified atom stereocenters. The molecular formula is C10H19F3N2S. The molecule has 0 spiro atoms. The minimum atomic E-state index is -4.10. The Morgan fingerprint density at radius 3 is 2.69 bits per heavy atom. The van der Waals surface area contributed by atoms with Crippen molar-refractivity contribution in [3.8, 4) is 0 Å². The molecule has 16 heavy (non-hydrogen) atoms. The van der Waals surface area contributed by atoms with Gasteiger partial charge in [-0.15, -0.1) is 0 Å². The summed E-state index contributed by atoms with van der Waals surface area (Å²) in [6, 6.07) is 0. The summed E-state index contributed by atoms with van der Waals surface area (Å²) < 4.78 is 35.9. The van der Waals surface area contributed by atoms with Gasteiger partial charge in [-0.3, -0.25) is 4.90 Å². The Bertz CT molecular complexity index is 223. The van der Waals surface area contributed by atoms with Gasteiger partial charge in [-0.25, -0.2) is 0 Å². The van der Waals surface area contributed by atoms with Crippen LogP contribution in [0.1, 0.15) is 20.3 Å². The minimum Gasteiger partial charge on any atom is -0.309 e. The lowest BCUT2D eigenvalue weighted by Gasteiger charge is -2.41. The fourth-order valence-electron chi connectivity index (χ4n) is 1.86. The van der Waals surface area contributed by atoms with Gasteiger partial charge in [-0.1, -0.05) is 6.92 Å². The van der Waals surface area contributed by atoms with Gasteiger partial charge in [0, 0.05) is 37.5 Å². The van der Waals surface area contributed by atoms with Crippen LogP contribution in [0.15, 0.2) is 0 Å². The molecule has 1 rings (SSSR count). The number of rotatable bonds is 4. The van der Waals surface area contributed by atoms with Crippen molar-refractivity contribution >= 4 is 11.8 Å².